The van der Waals surface area contributed by atoms with Gasteiger partial charge in [0.2, 0.25) is 0 Å². The highest BCUT2D eigenvalue weighted by Crippen LogP contribution is 2.10. The minimum Gasteiger partial charge on any atom is -0.497 e. The van der Waals surface area contributed by atoms with Gasteiger partial charge in [-0.05, 0) is 24.6 Å². The summed E-state index contributed by atoms with van der Waals surface area (Å²) >= 11 is 0. The Labute approximate surface area is 112 Å². The van der Waals surface area contributed by atoms with Crippen LogP contribution in [0, 0.1) is 0 Å². The van der Waals surface area contributed by atoms with Gasteiger partial charge in [-0.2, -0.15) is 0 Å². The molecule has 106 valence electrons. The van der Waals surface area contributed by atoms with Crippen molar-refractivity contribution in [2.45, 2.75) is 47.2 Å². The van der Waals surface area contributed by atoms with Crippen LogP contribution in [0.1, 0.15) is 40.2 Å². The number of hydrogen-bond donors (Lipinski definition) is 2. The molecular formula is C15H29NO2. The van der Waals surface area contributed by atoms with Gasteiger partial charge in [0.15, 0.2) is 0 Å². The minimum atomic E-state index is 0.136. The number of aliphatic hydroxyl groups excluding tert-OH is 1. The number of aliphatic hydroxyl groups is 1. The molecule has 0 saturated carbocycles. The largest absolute Gasteiger partial charge is 0.497 e. The predicted octanol–water partition coefficient (Wildman–Crippen LogP) is 3.22. The van der Waals surface area contributed by atoms with Gasteiger partial charge in [-0.3, -0.25) is 0 Å². The van der Waals surface area contributed by atoms with Gasteiger partial charge in [0.25, 0.3) is 0 Å². The molecule has 0 aliphatic heterocycles. The molecule has 3 heteroatoms. The average molecular weight is 255 g/mol. The molecule has 0 aliphatic rings. The topological polar surface area (TPSA) is 41.5 Å². The normalized spacial score (nSPS) is 10.4. The number of benzene rings is 1. The molecule has 0 aromatic heterocycles. The molecule has 1 unspecified atom stereocenters. The fraction of sp³-hybridized carbons (Fsp3) is 0.600. The van der Waals surface area contributed by atoms with Crippen LogP contribution in [0.5, 0.6) is 5.75 Å². The van der Waals surface area contributed by atoms with Crippen molar-refractivity contribution in [3.8, 4) is 5.75 Å². The summed E-state index contributed by atoms with van der Waals surface area (Å²) in [6, 6.07) is 8.02. The van der Waals surface area contributed by atoms with Crippen molar-refractivity contribution in [2.75, 3.05) is 13.7 Å². The maximum atomic E-state index is 8.81. The molecule has 0 saturated heterocycles. The number of hydrogen-bond acceptors (Lipinski definition) is 3. The Morgan fingerprint density at radius 2 is 1.61 bits per heavy atom. The monoisotopic (exact) mass is 255 g/mol. The first kappa shape index (κ1) is 19.3. The van der Waals surface area contributed by atoms with Crippen molar-refractivity contribution in [1.29, 1.82) is 0 Å². The number of methoxy groups -OCH3 is 1. The second-order valence-electron chi connectivity index (χ2n) is 3.31. The lowest BCUT2D eigenvalue weighted by Crippen LogP contribution is -2.28. The third-order valence-corrected chi connectivity index (χ3v) is 2.09. The SMILES string of the molecule is CC.CC.COc1ccc(CNC(C)CO)cc1. The predicted molar refractivity (Wildman–Crippen MR) is 79.1 cm³/mol. The Morgan fingerprint density at radius 3 is 2.00 bits per heavy atom. The summed E-state index contributed by atoms with van der Waals surface area (Å²) in [6.45, 7) is 10.9. The summed E-state index contributed by atoms with van der Waals surface area (Å²) in [6.07, 6.45) is 0. The van der Waals surface area contributed by atoms with Gasteiger partial charge in [-0.1, -0.05) is 39.8 Å². The van der Waals surface area contributed by atoms with E-state index in [1.54, 1.807) is 7.11 Å². The molecular weight excluding hydrogens is 226 g/mol. The van der Waals surface area contributed by atoms with E-state index in [1.807, 2.05) is 58.9 Å². The maximum Gasteiger partial charge on any atom is 0.118 e. The number of ether oxygens (including phenoxy) is 1. The van der Waals surface area contributed by atoms with Crippen molar-refractivity contribution in [2.24, 2.45) is 0 Å². The van der Waals surface area contributed by atoms with Crippen molar-refractivity contribution in [3.63, 3.8) is 0 Å². The molecule has 3 nitrogen and oxygen atoms in total. The van der Waals surface area contributed by atoms with E-state index in [4.69, 9.17) is 9.84 Å². The first-order valence-corrected chi connectivity index (χ1v) is 6.73. The molecule has 0 fully saturated rings. The molecule has 1 rings (SSSR count). The van der Waals surface area contributed by atoms with Crippen molar-refractivity contribution in [3.05, 3.63) is 29.8 Å². The zero-order valence-electron chi connectivity index (χ0n) is 12.7. The lowest BCUT2D eigenvalue weighted by molar-refractivity contribution is 0.251. The second kappa shape index (κ2) is 14.0. The van der Waals surface area contributed by atoms with Crippen LogP contribution in [0.15, 0.2) is 24.3 Å². The summed E-state index contributed by atoms with van der Waals surface area (Å²) in [5.41, 5.74) is 1.19. The van der Waals surface area contributed by atoms with Gasteiger partial charge >= 0.3 is 0 Å². The fourth-order valence-electron chi connectivity index (χ4n) is 1.10. The number of rotatable bonds is 5. The Morgan fingerprint density at radius 1 is 1.11 bits per heavy atom. The Hall–Kier alpha value is -1.06. The van der Waals surface area contributed by atoms with Gasteiger partial charge in [-0.15, -0.1) is 0 Å². The average Bonchev–Trinajstić information content (AvgIpc) is 2.49. The van der Waals surface area contributed by atoms with E-state index in [1.165, 1.54) is 5.56 Å². The van der Waals surface area contributed by atoms with Crippen molar-refractivity contribution in [1.82, 2.24) is 5.32 Å². The van der Waals surface area contributed by atoms with Crippen LogP contribution in [0.2, 0.25) is 0 Å². The first-order valence-electron chi connectivity index (χ1n) is 6.73. The molecule has 0 amide bonds. The quantitative estimate of drug-likeness (QED) is 0.849. The maximum absolute atomic E-state index is 8.81. The third-order valence-electron chi connectivity index (χ3n) is 2.09. The van der Waals surface area contributed by atoms with Gasteiger partial charge in [-0.25, -0.2) is 0 Å². The van der Waals surface area contributed by atoms with Gasteiger partial charge in [0, 0.05) is 12.6 Å². The van der Waals surface area contributed by atoms with Crippen LogP contribution in [0.3, 0.4) is 0 Å². The molecule has 2 N–H and O–H groups in total. The minimum absolute atomic E-state index is 0.136. The molecule has 0 radical (unpaired) electrons. The smallest absolute Gasteiger partial charge is 0.118 e. The van der Waals surface area contributed by atoms with E-state index >= 15 is 0 Å². The highest BCUT2D eigenvalue weighted by molar-refractivity contribution is 5.26. The zero-order valence-corrected chi connectivity index (χ0v) is 12.7. The van der Waals surface area contributed by atoms with Crippen LogP contribution in [-0.4, -0.2) is 24.9 Å². The van der Waals surface area contributed by atoms with Crippen LogP contribution >= 0.6 is 0 Å². The van der Waals surface area contributed by atoms with Crippen molar-refractivity contribution >= 4 is 0 Å². The fourth-order valence-corrected chi connectivity index (χ4v) is 1.10. The van der Waals surface area contributed by atoms with E-state index in [-0.39, 0.29) is 12.6 Å². The molecule has 0 spiro atoms. The van der Waals surface area contributed by atoms with Gasteiger partial charge in [0.1, 0.15) is 5.75 Å². The summed E-state index contributed by atoms with van der Waals surface area (Å²) in [5.74, 6) is 0.865. The van der Waals surface area contributed by atoms with E-state index < -0.39 is 0 Å². The first-order chi connectivity index (χ1) is 8.76. The Bertz CT molecular complexity index is 260. The van der Waals surface area contributed by atoms with E-state index in [0.29, 0.717) is 0 Å². The molecule has 0 bridgehead atoms. The second-order valence-corrected chi connectivity index (χ2v) is 3.31. The summed E-state index contributed by atoms with van der Waals surface area (Å²) in [7, 11) is 1.65. The van der Waals surface area contributed by atoms with Gasteiger partial charge < -0.3 is 15.2 Å². The lowest BCUT2D eigenvalue weighted by atomic mass is 10.2. The molecule has 1 aromatic carbocycles. The number of nitrogens with one attached hydrogen (secondary N) is 1. The van der Waals surface area contributed by atoms with Crippen LogP contribution in [0.4, 0.5) is 0 Å². The van der Waals surface area contributed by atoms with Crippen LogP contribution in [0.25, 0.3) is 0 Å². The Kier molecular flexibility index (Phi) is 15.0. The van der Waals surface area contributed by atoms with E-state index in [9.17, 15) is 0 Å². The van der Waals surface area contributed by atoms with Crippen molar-refractivity contribution < 1.29 is 9.84 Å². The van der Waals surface area contributed by atoms with E-state index in [0.717, 1.165) is 12.3 Å². The highest BCUT2D eigenvalue weighted by Gasteiger charge is 1.98. The van der Waals surface area contributed by atoms with Crippen LogP contribution < -0.4 is 10.1 Å². The standard InChI is InChI=1S/C11H17NO2.2C2H6/c1-9(8-13)12-7-10-3-5-11(14-2)6-4-10;2*1-2/h3-6,9,12-13H,7-8H2,1-2H3;2*1-2H3. The summed E-state index contributed by atoms with van der Waals surface area (Å²) < 4.78 is 5.06. The highest BCUT2D eigenvalue weighted by atomic mass is 16.5. The molecule has 0 heterocycles. The summed E-state index contributed by atoms with van der Waals surface area (Å²) in [5, 5.41) is 12.0. The van der Waals surface area contributed by atoms with Crippen LogP contribution in [-0.2, 0) is 6.54 Å². The molecule has 0 aliphatic carbocycles. The van der Waals surface area contributed by atoms with Gasteiger partial charge in [0.05, 0.1) is 13.7 Å². The zero-order chi connectivity index (χ0) is 14.4. The third kappa shape index (κ3) is 9.02. The summed E-state index contributed by atoms with van der Waals surface area (Å²) in [4.78, 5) is 0. The molecule has 18 heavy (non-hydrogen) atoms. The molecule has 1 atom stereocenters. The van der Waals surface area contributed by atoms with E-state index in [2.05, 4.69) is 5.32 Å². The lowest BCUT2D eigenvalue weighted by Gasteiger charge is -2.10. The Balaban J connectivity index is 0. The molecule has 1 aromatic rings.